The molecule has 5 aromatic carbocycles. The molecule has 6 rings (SSSR count). The van der Waals surface area contributed by atoms with Gasteiger partial charge in [0.2, 0.25) is 0 Å². The molecule has 0 aliphatic carbocycles. The lowest BCUT2D eigenvalue weighted by atomic mass is 9.95. The van der Waals surface area contributed by atoms with Crippen LogP contribution in [0, 0.1) is 0 Å². The third-order valence-electron chi connectivity index (χ3n) is 7.97. The molecule has 0 unspecified atom stereocenters. The zero-order valence-corrected chi connectivity index (χ0v) is 25.9. The standard InChI is InChI=1S/C40H41NO5/c1-6-16-31(17-7-1)26-42-30-36-38(43-27-32-18-8-2-9-19-32)39(44-28-33-20-10-3-11-21-33)37(41-35-24-14-5-15-25-35)40(46-36)45-29-34-22-12-4-13-23-34/h1-25,36-41H,26-30H2/t36-,37-,38-,39-,40-/m1/s1. The molecule has 1 N–H and O–H groups in total. The Labute approximate surface area is 271 Å². The SMILES string of the molecule is c1ccc(COC[C@H]2O[C@@H](OCc3ccccc3)[C@H](Nc3ccccc3)[C@@H](OCc3ccccc3)[C@@H]2OCc2ccccc2)cc1. The molecule has 1 aliphatic heterocycles. The van der Waals surface area contributed by atoms with E-state index in [1.54, 1.807) is 0 Å². The van der Waals surface area contributed by atoms with Gasteiger partial charge in [0.1, 0.15) is 24.4 Å². The Morgan fingerprint density at radius 1 is 0.457 bits per heavy atom. The molecule has 0 radical (unpaired) electrons. The molecule has 1 fully saturated rings. The molecule has 0 aromatic heterocycles. The molecule has 0 spiro atoms. The molecule has 5 aromatic rings. The maximum Gasteiger partial charge on any atom is 0.181 e. The molecule has 0 bridgehead atoms. The summed E-state index contributed by atoms with van der Waals surface area (Å²) in [5.41, 5.74) is 5.25. The van der Waals surface area contributed by atoms with E-state index < -0.39 is 24.6 Å². The summed E-state index contributed by atoms with van der Waals surface area (Å²) in [6.45, 7) is 1.97. The fourth-order valence-electron chi connectivity index (χ4n) is 5.61. The van der Waals surface area contributed by atoms with Crippen LogP contribution in [-0.2, 0) is 50.1 Å². The summed E-state index contributed by atoms with van der Waals surface area (Å²) in [5.74, 6) is 0. The van der Waals surface area contributed by atoms with Crippen molar-refractivity contribution in [2.75, 3.05) is 11.9 Å². The first-order chi connectivity index (χ1) is 22.8. The maximum atomic E-state index is 6.83. The van der Waals surface area contributed by atoms with Crippen molar-refractivity contribution in [2.45, 2.75) is 57.1 Å². The number of hydrogen-bond donors (Lipinski definition) is 1. The highest BCUT2D eigenvalue weighted by atomic mass is 16.7. The van der Waals surface area contributed by atoms with E-state index in [1.807, 2.05) is 103 Å². The number of hydrogen-bond acceptors (Lipinski definition) is 6. The van der Waals surface area contributed by atoms with Crippen LogP contribution >= 0.6 is 0 Å². The lowest BCUT2D eigenvalue weighted by Gasteiger charge is -2.46. The maximum absolute atomic E-state index is 6.83. The molecular weight excluding hydrogens is 574 g/mol. The Morgan fingerprint density at radius 2 is 0.870 bits per heavy atom. The van der Waals surface area contributed by atoms with E-state index in [2.05, 4.69) is 53.8 Å². The second kappa shape index (κ2) is 16.9. The minimum absolute atomic E-state index is 0.308. The lowest BCUT2D eigenvalue weighted by molar-refractivity contribution is -0.286. The first-order valence-corrected chi connectivity index (χ1v) is 15.9. The largest absolute Gasteiger partial charge is 0.375 e. The summed E-state index contributed by atoms with van der Waals surface area (Å²) in [5, 5.41) is 3.69. The number of ether oxygens (including phenoxy) is 5. The van der Waals surface area contributed by atoms with Gasteiger partial charge >= 0.3 is 0 Å². The van der Waals surface area contributed by atoms with Crippen LogP contribution in [0.2, 0.25) is 0 Å². The summed E-state index contributed by atoms with van der Waals surface area (Å²) in [7, 11) is 0. The summed E-state index contributed by atoms with van der Waals surface area (Å²) in [6.07, 6.45) is -2.01. The smallest absolute Gasteiger partial charge is 0.181 e. The van der Waals surface area contributed by atoms with Gasteiger partial charge in [0, 0.05) is 5.69 Å². The number of anilines is 1. The van der Waals surface area contributed by atoms with Gasteiger partial charge in [-0.1, -0.05) is 140 Å². The van der Waals surface area contributed by atoms with Crippen molar-refractivity contribution in [3.05, 3.63) is 174 Å². The van der Waals surface area contributed by atoms with Crippen molar-refractivity contribution in [1.29, 1.82) is 0 Å². The first kappa shape index (κ1) is 31.7. The highest BCUT2D eigenvalue weighted by Crippen LogP contribution is 2.31. The van der Waals surface area contributed by atoms with Crippen LogP contribution in [0.15, 0.2) is 152 Å². The van der Waals surface area contributed by atoms with Gasteiger partial charge in [-0.3, -0.25) is 0 Å². The minimum atomic E-state index is -0.650. The Kier molecular flexibility index (Phi) is 11.6. The van der Waals surface area contributed by atoms with Crippen LogP contribution < -0.4 is 5.32 Å². The van der Waals surface area contributed by atoms with Gasteiger partial charge in [-0.2, -0.15) is 0 Å². The van der Waals surface area contributed by atoms with E-state index in [0.29, 0.717) is 33.0 Å². The number of benzene rings is 5. The normalized spacial score (nSPS) is 21.1. The number of para-hydroxylation sites is 1. The zero-order valence-electron chi connectivity index (χ0n) is 25.9. The van der Waals surface area contributed by atoms with Crippen LogP contribution in [0.1, 0.15) is 22.3 Å². The molecule has 236 valence electrons. The van der Waals surface area contributed by atoms with E-state index in [1.165, 1.54) is 0 Å². The van der Waals surface area contributed by atoms with Crippen molar-refractivity contribution in [2.24, 2.45) is 0 Å². The lowest BCUT2D eigenvalue weighted by Crippen LogP contribution is -2.63. The first-order valence-electron chi connectivity index (χ1n) is 15.9. The van der Waals surface area contributed by atoms with E-state index >= 15 is 0 Å². The Morgan fingerprint density at radius 3 is 1.37 bits per heavy atom. The van der Waals surface area contributed by atoms with Crippen LogP contribution in [0.3, 0.4) is 0 Å². The molecule has 0 saturated carbocycles. The average Bonchev–Trinajstić information content (AvgIpc) is 3.12. The van der Waals surface area contributed by atoms with Crippen molar-refractivity contribution in [3.8, 4) is 0 Å². The fourth-order valence-corrected chi connectivity index (χ4v) is 5.61. The van der Waals surface area contributed by atoms with E-state index in [0.717, 1.165) is 27.9 Å². The van der Waals surface area contributed by atoms with Gasteiger partial charge in [0.05, 0.1) is 33.0 Å². The summed E-state index contributed by atoms with van der Waals surface area (Å²) < 4.78 is 33.2. The Balaban J connectivity index is 1.31. The molecule has 1 saturated heterocycles. The monoisotopic (exact) mass is 615 g/mol. The summed E-state index contributed by atoms with van der Waals surface area (Å²) in [6, 6.07) is 50.4. The van der Waals surface area contributed by atoms with Gasteiger partial charge in [0.15, 0.2) is 6.29 Å². The minimum Gasteiger partial charge on any atom is -0.375 e. The van der Waals surface area contributed by atoms with Crippen LogP contribution in [0.5, 0.6) is 0 Å². The van der Waals surface area contributed by atoms with Crippen LogP contribution in [0.4, 0.5) is 5.69 Å². The van der Waals surface area contributed by atoms with Crippen molar-refractivity contribution in [1.82, 2.24) is 0 Å². The molecule has 5 atom stereocenters. The Bertz CT molecular complexity index is 1540. The predicted octanol–water partition coefficient (Wildman–Crippen LogP) is 7.80. The fraction of sp³-hybridized carbons (Fsp3) is 0.250. The van der Waals surface area contributed by atoms with Crippen molar-refractivity contribution < 1.29 is 23.7 Å². The van der Waals surface area contributed by atoms with Crippen molar-refractivity contribution >= 4 is 5.69 Å². The van der Waals surface area contributed by atoms with E-state index in [4.69, 9.17) is 23.7 Å². The van der Waals surface area contributed by atoms with Crippen molar-refractivity contribution in [3.63, 3.8) is 0 Å². The third-order valence-corrected chi connectivity index (χ3v) is 7.97. The molecule has 6 nitrogen and oxygen atoms in total. The average molecular weight is 616 g/mol. The van der Waals surface area contributed by atoms with Gasteiger partial charge in [-0.15, -0.1) is 0 Å². The predicted molar refractivity (Wildman–Crippen MR) is 180 cm³/mol. The van der Waals surface area contributed by atoms with E-state index in [9.17, 15) is 0 Å². The number of rotatable bonds is 15. The second-order valence-corrected chi connectivity index (χ2v) is 11.4. The van der Waals surface area contributed by atoms with Crippen LogP contribution in [-0.4, -0.2) is 37.3 Å². The van der Waals surface area contributed by atoms with E-state index in [-0.39, 0.29) is 6.04 Å². The molecule has 0 amide bonds. The highest BCUT2D eigenvalue weighted by molar-refractivity contribution is 5.44. The van der Waals surface area contributed by atoms with Gasteiger partial charge in [-0.05, 0) is 34.4 Å². The topological polar surface area (TPSA) is 58.2 Å². The number of nitrogens with one attached hydrogen (secondary N) is 1. The van der Waals surface area contributed by atoms with Gasteiger partial charge < -0.3 is 29.0 Å². The van der Waals surface area contributed by atoms with Crippen LogP contribution in [0.25, 0.3) is 0 Å². The molecular formula is C40H41NO5. The molecule has 1 aliphatic rings. The molecule has 6 heteroatoms. The highest BCUT2D eigenvalue weighted by Gasteiger charge is 2.48. The summed E-state index contributed by atoms with van der Waals surface area (Å²) >= 11 is 0. The molecule has 46 heavy (non-hydrogen) atoms. The Hall–Kier alpha value is -4.30. The molecule has 1 heterocycles. The van der Waals surface area contributed by atoms with Gasteiger partial charge in [0.25, 0.3) is 0 Å². The third kappa shape index (κ3) is 9.13. The zero-order chi connectivity index (χ0) is 31.2. The quantitative estimate of drug-likeness (QED) is 0.130. The second-order valence-electron chi connectivity index (χ2n) is 11.4. The summed E-state index contributed by atoms with van der Waals surface area (Å²) in [4.78, 5) is 0. The van der Waals surface area contributed by atoms with Gasteiger partial charge in [-0.25, -0.2) is 0 Å².